The highest BCUT2D eigenvalue weighted by molar-refractivity contribution is 7.17. The Kier molecular flexibility index (Phi) is 9.37. The highest BCUT2D eigenvalue weighted by Crippen LogP contribution is 2.37. The average Bonchev–Trinajstić information content (AvgIpc) is 3.45. The van der Waals surface area contributed by atoms with Gasteiger partial charge in [0.2, 0.25) is 0 Å². The molecule has 3 aromatic heterocycles. The molecule has 0 radical (unpaired) electrons. The second-order valence-electron chi connectivity index (χ2n) is 8.42. The third-order valence-electron chi connectivity index (χ3n) is 5.80. The van der Waals surface area contributed by atoms with Gasteiger partial charge in [-0.3, -0.25) is 28.8 Å². The lowest BCUT2D eigenvalue weighted by Crippen LogP contribution is -2.36. The smallest absolute Gasteiger partial charge is 0.422 e. The summed E-state index contributed by atoms with van der Waals surface area (Å²) in [6.45, 7) is -0.988. The highest BCUT2D eigenvalue weighted by atomic mass is 35.5. The Morgan fingerprint density at radius 3 is 2.39 bits per heavy atom. The van der Waals surface area contributed by atoms with Crippen molar-refractivity contribution in [2.75, 3.05) is 6.54 Å². The number of carboxylic acids is 1. The van der Waals surface area contributed by atoms with E-state index in [4.69, 9.17) is 5.11 Å². The third kappa shape index (κ3) is 6.17. The molecule has 41 heavy (non-hydrogen) atoms. The molecule has 0 aliphatic carbocycles. The van der Waals surface area contributed by atoms with Crippen LogP contribution in [0.25, 0.3) is 21.5 Å². The van der Waals surface area contributed by atoms with Gasteiger partial charge in [-0.25, -0.2) is 13.6 Å². The maximum absolute atomic E-state index is 14.9. The zero-order chi connectivity index (χ0) is 29.5. The van der Waals surface area contributed by atoms with E-state index in [0.717, 1.165) is 37.9 Å². The third-order valence-corrected chi connectivity index (χ3v) is 7.77. The van der Waals surface area contributed by atoms with Crippen molar-refractivity contribution in [1.82, 2.24) is 19.0 Å². The van der Waals surface area contributed by atoms with Crippen LogP contribution >= 0.6 is 35.1 Å². The molecule has 0 aliphatic rings. The van der Waals surface area contributed by atoms with E-state index in [1.54, 1.807) is 0 Å². The number of aliphatic carboxylic acids is 1. The first kappa shape index (κ1) is 31.9. The zero-order valence-electron chi connectivity index (χ0n) is 20.9. The molecule has 2 N–H and O–H groups in total. The fourth-order valence-electron chi connectivity index (χ4n) is 3.94. The fourth-order valence-corrected chi connectivity index (χ4v) is 5.88. The second kappa shape index (κ2) is 12.1. The minimum absolute atomic E-state index is 0. The maximum atomic E-state index is 14.9. The largest absolute Gasteiger partial charge is 0.480 e. The Morgan fingerprint density at radius 1 is 1.07 bits per heavy atom. The number of carboxylic acid groups (broad SMARTS) is 1. The van der Waals surface area contributed by atoms with Crippen molar-refractivity contribution >= 4 is 57.2 Å². The van der Waals surface area contributed by atoms with Crippen LogP contribution in [0.4, 0.5) is 22.0 Å². The van der Waals surface area contributed by atoms with E-state index in [1.807, 2.05) is 0 Å². The number of carbonyl (C=O) groups is 2. The molecule has 0 saturated carbocycles. The van der Waals surface area contributed by atoms with Gasteiger partial charge in [-0.05, 0) is 23.1 Å². The lowest BCUT2D eigenvalue weighted by atomic mass is 10.1. The van der Waals surface area contributed by atoms with E-state index in [1.165, 1.54) is 29.4 Å². The molecule has 4 rings (SSSR count). The van der Waals surface area contributed by atoms with Gasteiger partial charge in [0.25, 0.3) is 11.5 Å². The van der Waals surface area contributed by atoms with Crippen LogP contribution in [-0.2, 0) is 43.0 Å². The SMILES string of the molecule is Cl.Cn1c(=O)c2c(CC(=O)N=c3scc(-c4ccc(F)c(C(F)(F)F)c4F)n3CNCC(=O)O)csc2n(C)c1=O. The van der Waals surface area contributed by atoms with Gasteiger partial charge in [-0.1, -0.05) is 0 Å². The molecule has 0 bridgehead atoms. The van der Waals surface area contributed by atoms with Crippen LogP contribution in [0.15, 0.2) is 37.5 Å². The van der Waals surface area contributed by atoms with Gasteiger partial charge in [-0.2, -0.15) is 18.2 Å². The number of halogens is 6. The summed E-state index contributed by atoms with van der Waals surface area (Å²) in [5, 5.41) is 14.3. The Labute approximate surface area is 240 Å². The van der Waals surface area contributed by atoms with Crippen molar-refractivity contribution in [2.24, 2.45) is 19.1 Å². The lowest BCUT2D eigenvalue weighted by molar-refractivity contribution is -0.142. The monoisotopic (exact) mass is 639 g/mol. The number of rotatable bonds is 7. The summed E-state index contributed by atoms with van der Waals surface area (Å²) in [6.07, 6.45) is -5.72. The standard InChI is InChI=1S/C23H18F5N5O5S2.ClH/c1-31-19(37)16-10(7-39-20(16)32(2)22(31)38)5-14(34)30-21-33(9-29-6-15(35)36)13(8-40-21)11-3-4-12(24)17(18(11)25)23(26,27)28;/h3-4,7-8,29H,5-6,9H2,1-2H3,(H,35,36);1H. The predicted octanol–water partition coefficient (Wildman–Crippen LogP) is 2.85. The normalized spacial score (nSPS) is 12.1. The Hall–Kier alpha value is -3.67. The first-order valence-corrected chi connectivity index (χ1v) is 12.9. The summed E-state index contributed by atoms with van der Waals surface area (Å²) in [5.74, 6) is -5.75. The number of aromatic nitrogens is 3. The summed E-state index contributed by atoms with van der Waals surface area (Å²) in [7, 11) is 2.76. The number of benzene rings is 1. The molecule has 0 aliphatic heterocycles. The van der Waals surface area contributed by atoms with E-state index in [2.05, 4.69) is 10.3 Å². The Balaban J connectivity index is 0.00000462. The van der Waals surface area contributed by atoms with Crippen LogP contribution in [0.1, 0.15) is 11.1 Å². The summed E-state index contributed by atoms with van der Waals surface area (Å²) in [5.41, 5.74) is -3.84. The molecule has 0 unspecified atom stereocenters. The molecular formula is C23H19ClF5N5O5S2. The number of alkyl halides is 3. The summed E-state index contributed by atoms with van der Waals surface area (Å²) < 4.78 is 71.9. The van der Waals surface area contributed by atoms with Gasteiger partial charge < -0.3 is 9.67 Å². The lowest BCUT2D eigenvalue weighted by Gasteiger charge is -2.14. The highest BCUT2D eigenvalue weighted by Gasteiger charge is 2.39. The van der Waals surface area contributed by atoms with Crippen molar-refractivity contribution in [3.8, 4) is 11.3 Å². The number of amides is 1. The second-order valence-corrected chi connectivity index (χ2v) is 10.1. The van der Waals surface area contributed by atoms with Crippen LogP contribution in [0.5, 0.6) is 0 Å². The number of thiazole rings is 1. The van der Waals surface area contributed by atoms with Gasteiger partial charge in [0.05, 0.1) is 30.7 Å². The molecule has 0 saturated heterocycles. The zero-order valence-corrected chi connectivity index (χ0v) is 23.4. The number of carbonyl (C=O) groups excluding carboxylic acids is 1. The number of hydrogen-bond acceptors (Lipinski definition) is 7. The van der Waals surface area contributed by atoms with Gasteiger partial charge in [0, 0.05) is 25.0 Å². The molecule has 3 heterocycles. The van der Waals surface area contributed by atoms with Crippen LogP contribution in [0.2, 0.25) is 0 Å². The van der Waals surface area contributed by atoms with Crippen molar-refractivity contribution in [3.63, 3.8) is 0 Å². The van der Waals surface area contributed by atoms with Crippen molar-refractivity contribution in [1.29, 1.82) is 0 Å². The molecule has 18 heteroatoms. The number of hydrogen-bond donors (Lipinski definition) is 2. The summed E-state index contributed by atoms with van der Waals surface area (Å²) in [6, 6.07) is 1.24. The molecule has 4 aromatic rings. The molecular weight excluding hydrogens is 621 g/mol. The molecule has 0 spiro atoms. The first-order valence-electron chi connectivity index (χ1n) is 11.1. The van der Waals surface area contributed by atoms with E-state index >= 15 is 0 Å². The number of thiophene rings is 1. The molecule has 220 valence electrons. The first-order chi connectivity index (χ1) is 18.7. The van der Waals surface area contributed by atoms with Gasteiger partial charge in [0.1, 0.15) is 22.0 Å². The van der Waals surface area contributed by atoms with Crippen LogP contribution in [0, 0.1) is 11.6 Å². The van der Waals surface area contributed by atoms with Crippen LogP contribution in [-0.4, -0.2) is 37.2 Å². The maximum Gasteiger partial charge on any atom is 0.422 e. The molecule has 10 nitrogen and oxygen atoms in total. The number of aryl methyl sites for hydroxylation is 1. The molecule has 0 atom stereocenters. The topological polar surface area (TPSA) is 128 Å². The number of nitrogens with zero attached hydrogens (tertiary/aromatic N) is 4. The Morgan fingerprint density at radius 2 is 1.76 bits per heavy atom. The van der Waals surface area contributed by atoms with E-state index in [0.29, 0.717) is 10.9 Å². The van der Waals surface area contributed by atoms with Crippen LogP contribution < -0.4 is 21.4 Å². The summed E-state index contributed by atoms with van der Waals surface area (Å²) in [4.78, 5) is 52.9. The molecule has 1 aromatic carbocycles. The van der Waals surface area contributed by atoms with Crippen molar-refractivity contribution in [2.45, 2.75) is 19.3 Å². The van der Waals surface area contributed by atoms with Crippen molar-refractivity contribution in [3.05, 3.63) is 71.3 Å². The van der Waals surface area contributed by atoms with Crippen LogP contribution in [0.3, 0.4) is 0 Å². The van der Waals surface area contributed by atoms with Crippen molar-refractivity contribution < 1.29 is 36.6 Å². The van der Waals surface area contributed by atoms with E-state index in [-0.39, 0.29) is 40.3 Å². The van der Waals surface area contributed by atoms with Gasteiger partial charge in [-0.15, -0.1) is 35.1 Å². The average molecular weight is 640 g/mol. The summed E-state index contributed by atoms with van der Waals surface area (Å²) >= 11 is 1.82. The minimum atomic E-state index is -5.33. The predicted molar refractivity (Wildman–Crippen MR) is 142 cm³/mol. The fraction of sp³-hybridized carbons (Fsp3) is 0.261. The molecule has 0 fully saturated rings. The Bertz CT molecular complexity index is 1850. The van der Waals surface area contributed by atoms with Gasteiger partial charge in [0.15, 0.2) is 4.80 Å². The quantitative estimate of drug-likeness (QED) is 0.300. The van der Waals surface area contributed by atoms with E-state index in [9.17, 15) is 41.1 Å². The minimum Gasteiger partial charge on any atom is -0.480 e. The van der Waals surface area contributed by atoms with Gasteiger partial charge >= 0.3 is 17.8 Å². The number of nitrogens with one attached hydrogen (secondary N) is 1. The molecule has 1 amide bonds. The van der Waals surface area contributed by atoms with E-state index < -0.39 is 65.3 Å². The number of fused-ring (bicyclic) bond motifs is 1.